The van der Waals surface area contributed by atoms with Crippen LogP contribution < -0.4 is 15.0 Å². The fourth-order valence-electron chi connectivity index (χ4n) is 3.77. The number of halogens is 2. The van der Waals surface area contributed by atoms with Gasteiger partial charge in [0.25, 0.3) is 5.56 Å². The molecule has 8 nitrogen and oxygen atoms in total. The van der Waals surface area contributed by atoms with E-state index >= 15 is 0 Å². The molecule has 0 saturated heterocycles. The number of rotatable bonds is 7. The number of benzene rings is 3. The summed E-state index contributed by atoms with van der Waals surface area (Å²) in [6.07, 6.45) is 1.59. The lowest BCUT2D eigenvalue weighted by Gasteiger charge is -2.21. The predicted octanol–water partition coefficient (Wildman–Crippen LogP) is 6.23. The van der Waals surface area contributed by atoms with Crippen molar-refractivity contribution in [2.24, 2.45) is 5.10 Å². The van der Waals surface area contributed by atoms with Gasteiger partial charge in [0.1, 0.15) is 12.4 Å². The maximum atomic E-state index is 13.4. The molecule has 0 atom stereocenters. The third kappa shape index (κ3) is 6.07. The van der Waals surface area contributed by atoms with Gasteiger partial charge in [-0.3, -0.25) is 4.79 Å². The molecule has 0 radical (unpaired) electrons. The predicted molar refractivity (Wildman–Crippen MR) is 159 cm³/mol. The van der Waals surface area contributed by atoms with E-state index in [2.05, 4.69) is 43.6 Å². The van der Waals surface area contributed by atoms with E-state index in [1.165, 1.54) is 17.9 Å². The molecule has 0 aliphatic carbocycles. The number of aromatic carboxylic acids is 1. The van der Waals surface area contributed by atoms with Gasteiger partial charge in [-0.25, -0.2) is 9.78 Å². The second-order valence-electron chi connectivity index (χ2n) is 9.54. The number of hydrogen-bond donors (Lipinski definition) is 1. The minimum absolute atomic E-state index is 0.170. The Hall–Kier alpha value is -3.25. The van der Waals surface area contributed by atoms with Crippen LogP contribution in [0.25, 0.3) is 10.9 Å². The Labute approximate surface area is 241 Å². The van der Waals surface area contributed by atoms with E-state index in [1.54, 1.807) is 36.5 Å². The Morgan fingerprint density at radius 2 is 1.95 bits per heavy atom. The summed E-state index contributed by atoms with van der Waals surface area (Å²) in [6.45, 7) is 6.12. The van der Waals surface area contributed by atoms with Gasteiger partial charge in [-0.15, -0.1) is 0 Å². The summed E-state index contributed by atoms with van der Waals surface area (Å²) in [5, 5.41) is 14.2. The summed E-state index contributed by atoms with van der Waals surface area (Å²) in [5.74, 6) is 0.553. The van der Waals surface area contributed by atoms with Crippen molar-refractivity contribution >= 4 is 61.6 Å². The van der Waals surface area contributed by atoms with Crippen LogP contribution in [0, 0.1) is 3.57 Å². The zero-order valence-electron chi connectivity index (χ0n) is 21.2. The van der Waals surface area contributed by atoms with E-state index in [0.29, 0.717) is 33.8 Å². The topological polar surface area (TPSA) is 103 Å². The second-order valence-corrected chi connectivity index (χ2v) is 11.6. The molecule has 0 aliphatic rings. The minimum atomic E-state index is -0.995. The van der Waals surface area contributed by atoms with Gasteiger partial charge in [0, 0.05) is 9.89 Å². The van der Waals surface area contributed by atoms with Crippen molar-refractivity contribution in [3.8, 4) is 11.5 Å². The van der Waals surface area contributed by atoms with Gasteiger partial charge >= 0.3 is 5.97 Å². The maximum Gasteiger partial charge on any atom is 0.335 e. The Morgan fingerprint density at radius 3 is 2.63 bits per heavy atom. The molecule has 38 heavy (non-hydrogen) atoms. The summed E-state index contributed by atoms with van der Waals surface area (Å²) < 4.78 is 14.5. The van der Waals surface area contributed by atoms with Crippen LogP contribution in [-0.4, -0.2) is 34.1 Å². The van der Waals surface area contributed by atoms with Crippen LogP contribution in [-0.2, 0) is 12.0 Å². The van der Waals surface area contributed by atoms with Gasteiger partial charge in [-0.05, 0) is 76.2 Å². The van der Waals surface area contributed by atoms with Crippen molar-refractivity contribution in [2.45, 2.75) is 32.8 Å². The van der Waals surface area contributed by atoms with Crippen LogP contribution >= 0.6 is 38.5 Å². The quantitative estimate of drug-likeness (QED) is 0.182. The van der Waals surface area contributed by atoms with E-state index in [4.69, 9.17) is 14.5 Å². The monoisotopic (exact) mass is 689 g/mol. The second kappa shape index (κ2) is 11.2. The molecule has 3 aromatic carbocycles. The average Bonchev–Trinajstić information content (AvgIpc) is 2.87. The molecule has 0 spiro atoms. The third-order valence-electron chi connectivity index (χ3n) is 5.61. The van der Waals surface area contributed by atoms with Crippen LogP contribution in [0.4, 0.5) is 0 Å². The smallest absolute Gasteiger partial charge is 0.335 e. The summed E-state index contributed by atoms with van der Waals surface area (Å²) in [7, 11) is 1.54. The number of carboxylic acids is 1. The molecule has 0 fully saturated rings. The highest BCUT2D eigenvalue weighted by atomic mass is 127. The van der Waals surface area contributed by atoms with Gasteiger partial charge in [0.15, 0.2) is 11.5 Å². The van der Waals surface area contributed by atoms with Crippen LogP contribution in [0.5, 0.6) is 11.5 Å². The summed E-state index contributed by atoms with van der Waals surface area (Å²) in [6, 6.07) is 15.6. The van der Waals surface area contributed by atoms with Crippen molar-refractivity contribution in [2.75, 3.05) is 7.11 Å². The van der Waals surface area contributed by atoms with Crippen molar-refractivity contribution in [1.82, 2.24) is 9.66 Å². The van der Waals surface area contributed by atoms with E-state index < -0.39 is 11.4 Å². The van der Waals surface area contributed by atoms with Crippen LogP contribution in [0.15, 0.2) is 69.0 Å². The average molecular weight is 690 g/mol. The van der Waals surface area contributed by atoms with E-state index in [1.807, 2.05) is 39.0 Å². The Bertz CT molecular complexity index is 1630. The number of methoxy groups -OCH3 is 1. The van der Waals surface area contributed by atoms with Crippen LogP contribution in [0.3, 0.4) is 0 Å². The van der Waals surface area contributed by atoms with Gasteiger partial charge in [0.05, 0.1) is 33.4 Å². The largest absolute Gasteiger partial charge is 0.493 e. The Morgan fingerprint density at radius 1 is 1.18 bits per heavy atom. The first kappa shape index (κ1) is 27.8. The maximum absolute atomic E-state index is 13.4. The number of aromatic nitrogens is 2. The van der Waals surface area contributed by atoms with Gasteiger partial charge in [0.2, 0.25) is 0 Å². The standard InChI is InChI=1S/C28H25BrIN3O5/c1-28(2,3)27-32-22-9-8-19(29)13-20(22)25(34)33(27)31-14-17-11-21(30)24(23(12-17)37-4)38-15-16-6-5-7-18(10-16)26(35)36/h5-14H,15H2,1-4H3,(H,35,36). The fourth-order valence-corrected chi connectivity index (χ4v) is 4.91. The van der Waals surface area contributed by atoms with Crippen molar-refractivity contribution in [3.63, 3.8) is 0 Å². The molecule has 1 heterocycles. The zero-order chi connectivity index (χ0) is 27.6. The SMILES string of the molecule is COc1cc(C=Nn2c(C(C)(C)C)nc3ccc(Br)cc3c2=O)cc(I)c1OCc1cccc(C(=O)O)c1. The molecule has 0 saturated carbocycles. The molecule has 4 aromatic rings. The Balaban J connectivity index is 1.69. The highest BCUT2D eigenvalue weighted by Gasteiger charge is 2.23. The fraction of sp³-hybridized carbons (Fsp3) is 0.214. The molecule has 0 unspecified atom stereocenters. The first-order chi connectivity index (χ1) is 18.0. The lowest BCUT2D eigenvalue weighted by atomic mass is 9.95. The summed E-state index contributed by atoms with van der Waals surface area (Å²) >= 11 is 5.57. The molecule has 10 heteroatoms. The lowest BCUT2D eigenvalue weighted by Crippen LogP contribution is -2.29. The van der Waals surface area contributed by atoms with Gasteiger partial charge in [-0.2, -0.15) is 9.78 Å². The minimum Gasteiger partial charge on any atom is -0.493 e. The molecule has 0 bridgehead atoms. The summed E-state index contributed by atoms with van der Waals surface area (Å²) in [4.78, 5) is 29.4. The van der Waals surface area contributed by atoms with Gasteiger partial charge < -0.3 is 14.6 Å². The summed E-state index contributed by atoms with van der Waals surface area (Å²) in [5.41, 5.74) is 1.54. The molecule has 4 rings (SSSR count). The number of carbonyl (C=O) groups is 1. The normalized spacial score (nSPS) is 11.7. The highest BCUT2D eigenvalue weighted by Crippen LogP contribution is 2.34. The van der Waals surface area contributed by atoms with E-state index in [0.717, 1.165) is 13.6 Å². The third-order valence-corrected chi connectivity index (χ3v) is 6.90. The zero-order valence-corrected chi connectivity index (χ0v) is 24.9. The van der Waals surface area contributed by atoms with Crippen LogP contribution in [0.1, 0.15) is 48.1 Å². The van der Waals surface area contributed by atoms with E-state index in [-0.39, 0.29) is 17.7 Å². The van der Waals surface area contributed by atoms with Crippen molar-refractivity contribution in [1.29, 1.82) is 0 Å². The first-order valence-electron chi connectivity index (χ1n) is 11.6. The molecule has 196 valence electrons. The number of hydrogen-bond acceptors (Lipinski definition) is 6. The number of nitrogens with zero attached hydrogens (tertiary/aromatic N) is 3. The molecule has 1 aromatic heterocycles. The number of ether oxygens (including phenoxy) is 2. The van der Waals surface area contributed by atoms with Crippen molar-refractivity contribution < 1.29 is 19.4 Å². The molecule has 0 aliphatic heterocycles. The molecular formula is C28H25BrIN3O5. The van der Waals surface area contributed by atoms with Crippen LogP contribution in [0.2, 0.25) is 0 Å². The first-order valence-corrected chi connectivity index (χ1v) is 13.4. The van der Waals surface area contributed by atoms with Crippen molar-refractivity contribution in [3.05, 3.63) is 95.5 Å². The van der Waals surface area contributed by atoms with Gasteiger partial charge in [-0.1, -0.05) is 48.8 Å². The molecule has 1 N–H and O–H groups in total. The lowest BCUT2D eigenvalue weighted by molar-refractivity contribution is 0.0696. The molecular weight excluding hydrogens is 665 g/mol. The highest BCUT2D eigenvalue weighted by molar-refractivity contribution is 14.1. The number of fused-ring (bicyclic) bond motifs is 1. The molecule has 0 amide bonds. The Kier molecular flexibility index (Phi) is 8.22. The number of carboxylic acid groups (broad SMARTS) is 1. The van der Waals surface area contributed by atoms with E-state index in [9.17, 15) is 14.7 Å².